The average molecular weight is 320 g/mol. The molecule has 3 unspecified atom stereocenters. The second-order valence-electron chi connectivity index (χ2n) is 8.14. The van der Waals surface area contributed by atoms with E-state index in [0.29, 0.717) is 5.41 Å². The first kappa shape index (κ1) is 17.0. The highest BCUT2D eigenvalue weighted by molar-refractivity contribution is 5.83. The van der Waals surface area contributed by atoms with Gasteiger partial charge in [-0.05, 0) is 43.6 Å². The molecule has 23 heavy (non-hydrogen) atoms. The third kappa shape index (κ3) is 3.81. The van der Waals surface area contributed by atoms with Crippen LogP contribution in [0.5, 0.6) is 0 Å². The van der Waals surface area contributed by atoms with Crippen LogP contribution in [0.4, 0.5) is 0 Å². The summed E-state index contributed by atoms with van der Waals surface area (Å²) in [4.78, 5) is 2.58. The maximum absolute atomic E-state index is 6.10. The van der Waals surface area contributed by atoms with Gasteiger partial charge in [-0.3, -0.25) is 0 Å². The molecule has 0 aromatic carbocycles. The third-order valence-corrected chi connectivity index (χ3v) is 6.30. The van der Waals surface area contributed by atoms with E-state index in [9.17, 15) is 0 Å². The molecular formula is C20H35N2O+. The van der Waals surface area contributed by atoms with E-state index in [1.54, 1.807) is 0 Å². The van der Waals surface area contributed by atoms with Crippen molar-refractivity contribution in [3.05, 3.63) is 12.2 Å². The first-order valence-corrected chi connectivity index (χ1v) is 9.70. The summed E-state index contributed by atoms with van der Waals surface area (Å²) in [6.45, 7) is 12.6. The van der Waals surface area contributed by atoms with Crippen LogP contribution >= 0.6 is 0 Å². The summed E-state index contributed by atoms with van der Waals surface area (Å²) in [6.07, 6.45) is 9.94. The van der Waals surface area contributed by atoms with Gasteiger partial charge in [-0.1, -0.05) is 33.3 Å². The van der Waals surface area contributed by atoms with Gasteiger partial charge in [0.05, 0.1) is 6.61 Å². The summed E-state index contributed by atoms with van der Waals surface area (Å²) in [5.41, 5.74) is 0.467. The quantitative estimate of drug-likeness (QED) is 0.503. The van der Waals surface area contributed by atoms with Crippen LogP contribution in [-0.2, 0) is 4.74 Å². The number of rotatable bonds is 8. The first-order chi connectivity index (χ1) is 11.1. The monoisotopic (exact) mass is 319 g/mol. The van der Waals surface area contributed by atoms with E-state index >= 15 is 0 Å². The van der Waals surface area contributed by atoms with Crippen LogP contribution in [0.15, 0.2) is 12.2 Å². The summed E-state index contributed by atoms with van der Waals surface area (Å²) >= 11 is 0. The lowest BCUT2D eigenvalue weighted by Crippen LogP contribution is -2.28. The molecule has 3 nitrogen and oxygen atoms in total. The Kier molecular flexibility index (Phi) is 5.15. The van der Waals surface area contributed by atoms with Crippen molar-refractivity contribution < 1.29 is 9.31 Å². The van der Waals surface area contributed by atoms with E-state index in [1.165, 1.54) is 38.9 Å². The number of hydrogen-bond acceptors (Lipinski definition) is 2. The topological polar surface area (TPSA) is 15.5 Å². The molecule has 2 saturated carbocycles. The molecule has 0 N–H and O–H groups in total. The van der Waals surface area contributed by atoms with Crippen LogP contribution in [0.1, 0.15) is 46.5 Å². The molecule has 0 spiro atoms. The van der Waals surface area contributed by atoms with Gasteiger partial charge in [0, 0.05) is 24.6 Å². The minimum Gasteiger partial charge on any atom is -0.445 e. The van der Waals surface area contributed by atoms with Crippen LogP contribution in [0.2, 0.25) is 0 Å². The number of ether oxygens (including phenoxy) is 1. The average Bonchev–Trinajstić information content (AvgIpc) is 3.42. The van der Waals surface area contributed by atoms with Crippen LogP contribution in [0, 0.1) is 23.2 Å². The molecule has 0 bridgehead atoms. The maximum Gasteiger partial charge on any atom is 0.361 e. The Hall–Kier alpha value is -0.830. The molecule has 2 fully saturated rings. The molecule has 2 aliphatic carbocycles. The van der Waals surface area contributed by atoms with E-state index in [2.05, 4.69) is 49.4 Å². The Morgan fingerprint density at radius 2 is 2.13 bits per heavy atom. The molecule has 3 aliphatic rings. The van der Waals surface area contributed by atoms with Gasteiger partial charge in [0.1, 0.15) is 7.05 Å². The number of hydrogen-bond donors (Lipinski definition) is 0. The van der Waals surface area contributed by atoms with E-state index in [1.807, 2.05) is 0 Å². The summed E-state index contributed by atoms with van der Waals surface area (Å²) in [5, 5.41) is 0. The zero-order valence-electron chi connectivity index (χ0n) is 15.6. The van der Waals surface area contributed by atoms with Crippen molar-refractivity contribution in [3.63, 3.8) is 0 Å². The van der Waals surface area contributed by atoms with Crippen molar-refractivity contribution >= 4 is 5.90 Å². The Bertz CT molecular complexity index is 480. The maximum atomic E-state index is 6.10. The van der Waals surface area contributed by atoms with Gasteiger partial charge in [-0.2, -0.15) is 0 Å². The van der Waals surface area contributed by atoms with Crippen molar-refractivity contribution in [1.29, 1.82) is 0 Å². The van der Waals surface area contributed by atoms with Gasteiger partial charge in [0.2, 0.25) is 0 Å². The standard InChI is InChI=1S/C20H35N2O/c1-5-17-18-10-11-19(21(4)15-20(17,18)3)23-13-7-12-22(6-2)14-16-8-9-16/h10-11,16-18H,5-9,12-15H2,1-4H3/q+1. The van der Waals surface area contributed by atoms with Crippen molar-refractivity contribution in [2.45, 2.75) is 46.5 Å². The lowest BCUT2D eigenvalue weighted by Gasteiger charge is -2.19. The predicted octanol–water partition coefficient (Wildman–Crippen LogP) is 3.40. The Balaban J connectivity index is 1.43. The lowest BCUT2D eigenvalue weighted by molar-refractivity contribution is -0.515. The molecule has 0 amide bonds. The van der Waals surface area contributed by atoms with Gasteiger partial charge in [0.15, 0.2) is 6.54 Å². The minimum absolute atomic E-state index is 0.467. The summed E-state index contributed by atoms with van der Waals surface area (Å²) in [5.74, 6) is 3.67. The summed E-state index contributed by atoms with van der Waals surface area (Å²) in [6, 6.07) is 0. The van der Waals surface area contributed by atoms with Crippen LogP contribution < -0.4 is 0 Å². The molecule has 0 aromatic rings. The van der Waals surface area contributed by atoms with Gasteiger partial charge in [-0.25, -0.2) is 4.58 Å². The molecule has 0 radical (unpaired) electrons. The lowest BCUT2D eigenvalue weighted by atomic mass is 10.0. The molecule has 0 aromatic heterocycles. The molecule has 130 valence electrons. The molecule has 0 saturated heterocycles. The largest absolute Gasteiger partial charge is 0.445 e. The van der Waals surface area contributed by atoms with E-state index < -0.39 is 0 Å². The molecule has 1 aliphatic heterocycles. The third-order valence-electron chi connectivity index (χ3n) is 6.30. The number of allylic oxidation sites excluding steroid dienone is 1. The van der Waals surface area contributed by atoms with Crippen molar-refractivity contribution in [2.75, 3.05) is 39.8 Å². The summed E-state index contributed by atoms with van der Waals surface area (Å²) < 4.78 is 8.43. The summed E-state index contributed by atoms with van der Waals surface area (Å²) in [7, 11) is 2.18. The van der Waals surface area contributed by atoms with E-state index in [-0.39, 0.29) is 0 Å². The van der Waals surface area contributed by atoms with Crippen molar-refractivity contribution in [2.24, 2.45) is 23.2 Å². The molecule has 1 heterocycles. The molecular weight excluding hydrogens is 284 g/mol. The van der Waals surface area contributed by atoms with Crippen LogP contribution in [0.25, 0.3) is 0 Å². The smallest absolute Gasteiger partial charge is 0.361 e. The molecule has 3 rings (SSSR count). The van der Waals surface area contributed by atoms with Gasteiger partial charge >= 0.3 is 5.90 Å². The second kappa shape index (κ2) is 6.96. The Morgan fingerprint density at radius 1 is 1.35 bits per heavy atom. The van der Waals surface area contributed by atoms with Crippen molar-refractivity contribution in [1.82, 2.24) is 4.90 Å². The first-order valence-electron chi connectivity index (χ1n) is 9.70. The number of nitrogens with zero attached hydrogens (tertiary/aromatic N) is 2. The Labute approximate surface area is 142 Å². The fourth-order valence-corrected chi connectivity index (χ4v) is 4.57. The Morgan fingerprint density at radius 3 is 2.78 bits per heavy atom. The highest BCUT2D eigenvalue weighted by Crippen LogP contribution is 2.61. The fraction of sp³-hybridized carbons (Fsp3) is 0.850. The van der Waals surface area contributed by atoms with Gasteiger partial charge in [0.25, 0.3) is 0 Å². The zero-order valence-corrected chi connectivity index (χ0v) is 15.6. The fourth-order valence-electron chi connectivity index (χ4n) is 4.57. The van der Waals surface area contributed by atoms with E-state index in [0.717, 1.165) is 43.2 Å². The number of fused-ring (bicyclic) bond motifs is 1. The minimum atomic E-state index is 0.467. The second-order valence-corrected chi connectivity index (χ2v) is 8.14. The van der Waals surface area contributed by atoms with E-state index in [4.69, 9.17) is 4.74 Å². The van der Waals surface area contributed by atoms with Crippen molar-refractivity contribution in [3.8, 4) is 0 Å². The SMILES string of the molecule is CCC1C2C=CC(OCCCN(CC)CC3CC3)=[N+](C)CC21C. The zero-order chi connectivity index (χ0) is 16.4. The van der Waals surface area contributed by atoms with Crippen LogP contribution in [-0.4, -0.2) is 55.2 Å². The normalized spacial score (nSPS) is 32.9. The van der Waals surface area contributed by atoms with Gasteiger partial charge < -0.3 is 9.64 Å². The highest BCUT2D eigenvalue weighted by Gasteiger charge is 2.61. The highest BCUT2D eigenvalue weighted by atomic mass is 16.5. The van der Waals surface area contributed by atoms with Gasteiger partial charge in [-0.15, -0.1) is 0 Å². The predicted molar refractivity (Wildman–Crippen MR) is 96.0 cm³/mol. The van der Waals surface area contributed by atoms with Crippen LogP contribution in [0.3, 0.4) is 0 Å². The molecule has 3 atom stereocenters. The molecule has 3 heteroatoms.